The molecule has 0 aromatic heterocycles. The third kappa shape index (κ3) is 7.26. The van der Waals surface area contributed by atoms with Crippen molar-refractivity contribution in [3.05, 3.63) is 64.2 Å². The maximum absolute atomic E-state index is 13.0. The molecule has 0 aliphatic carbocycles. The van der Waals surface area contributed by atoms with Gasteiger partial charge in [0, 0.05) is 17.9 Å². The molecule has 0 bridgehead atoms. The first-order chi connectivity index (χ1) is 18.0. The van der Waals surface area contributed by atoms with Crippen LogP contribution in [-0.2, 0) is 15.6 Å². The number of nitrogens with one attached hydrogen (secondary N) is 1. The van der Waals surface area contributed by atoms with Crippen LogP contribution in [-0.4, -0.2) is 47.5 Å². The first kappa shape index (κ1) is 30.4. The molecule has 2 amide bonds. The standard InChI is InChI=1S/C31H43ClN2O3S/c1-7-30(3,4)22-15-16-27(24(19-22)31(5,6)8-2)37-18-12-11-17-33-28(35)26-20-38-21-34(26)29(36)23-13-9-10-14-25(23)32/h9-10,13-16,19,26H,7-8,11-12,17-18,20-21H2,1-6H3,(H,33,35). The second-order valence-electron chi connectivity index (χ2n) is 11.3. The van der Waals surface area contributed by atoms with E-state index < -0.39 is 6.04 Å². The van der Waals surface area contributed by atoms with Gasteiger partial charge in [-0.25, -0.2) is 0 Å². The summed E-state index contributed by atoms with van der Waals surface area (Å²) in [6.45, 7) is 14.7. The second kappa shape index (κ2) is 13.3. The number of carbonyl (C=O) groups is 2. The lowest BCUT2D eigenvalue weighted by atomic mass is 9.76. The average Bonchev–Trinajstić information content (AvgIpc) is 3.40. The van der Waals surface area contributed by atoms with E-state index in [1.165, 1.54) is 11.1 Å². The van der Waals surface area contributed by atoms with E-state index in [1.807, 2.05) is 0 Å². The largest absolute Gasteiger partial charge is 0.493 e. The minimum atomic E-state index is -0.482. The van der Waals surface area contributed by atoms with E-state index in [-0.39, 0.29) is 22.6 Å². The highest BCUT2D eigenvalue weighted by Gasteiger charge is 2.35. The van der Waals surface area contributed by atoms with Crippen LogP contribution in [0.5, 0.6) is 5.75 Å². The maximum Gasteiger partial charge on any atom is 0.256 e. The van der Waals surface area contributed by atoms with Gasteiger partial charge in [0.2, 0.25) is 5.91 Å². The van der Waals surface area contributed by atoms with E-state index in [9.17, 15) is 9.59 Å². The highest BCUT2D eigenvalue weighted by atomic mass is 35.5. The molecule has 0 saturated carbocycles. The van der Waals surface area contributed by atoms with Gasteiger partial charge in [-0.15, -0.1) is 11.8 Å². The van der Waals surface area contributed by atoms with Crippen molar-refractivity contribution in [3.8, 4) is 5.75 Å². The normalized spacial score (nSPS) is 16.0. The number of thioether (sulfide) groups is 1. The zero-order valence-electron chi connectivity index (χ0n) is 23.7. The summed E-state index contributed by atoms with van der Waals surface area (Å²) in [7, 11) is 0. The van der Waals surface area contributed by atoms with E-state index in [0.717, 1.165) is 31.4 Å². The molecule has 38 heavy (non-hydrogen) atoms. The first-order valence-corrected chi connectivity index (χ1v) is 15.2. The Labute approximate surface area is 238 Å². The second-order valence-corrected chi connectivity index (χ2v) is 12.7. The predicted octanol–water partition coefficient (Wildman–Crippen LogP) is 7.21. The minimum absolute atomic E-state index is 0.0235. The van der Waals surface area contributed by atoms with Crippen molar-refractivity contribution >= 4 is 35.2 Å². The number of rotatable bonds is 12. The quantitative estimate of drug-likeness (QED) is 0.280. The number of hydrogen-bond donors (Lipinski definition) is 1. The molecular formula is C31H43ClN2O3S. The molecule has 1 unspecified atom stereocenters. The van der Waals surface area contributed by atoms with Gasteiger partial charge >= 0.3 is 0 Å². The molecule has 0 radical (unpaired) electrons. The maximum atomic E-state index is 13.0. The fraction of sp³-hybridized carbons (Fsp3) is 0.548. The van der Waals surface area contributed by atoms with Gasteiger partial charge in [0.25, 0.3) is 5.91 Å². The smallest absolute Gasteiger partial charge is 0.256 e. The first-order valence-electron chi connectivity index (χ1n) is 13.7. The van der Waals surface area contributed by atoms with Gasteiger partial charge in [0.05, 0.1) is 23.1 Å². The fourth-order valence-corrected chi connectivity index (χ4v) is 5.76. The van der Waals surface area contributed by atoms with Gasteiger partial charge in [-0.05, 0) is 60.3 Å². The Morgan fingerprint density at radius 1 is 1.05 bits per heavy atom. The molecule has 1 heterocycles. The number of nitrogens with zero attached hydrogens (tertiary/aromatic N) is 1. The third-order valence-corrected chi connectivity index (χ3v) is 9.28. The van der Waals surface area contributed by atoms with Crippen LogP contribution in [0, 0.1) is 0 Å². The van der Waals surface area contributed by atoms with E-state index >= 15 is 0 Å². The van der Waals surface area contributed by atoms with Gasteiger partial charge in [0.15, 0.2) is 0 Å². The molecule has 1 saturated heterocycles. The summed E-state index contributed by atoms with van der Waals surface area (Å²) >= 11 is 7.79. The molecule has 1 atom stereocenters. The average molecular weight is 559 g/mol. The molecule has 2 aromatic rings. The highest BCUT2D eigenvalue weighted by Crippen LogP contribution is 2.38. The van der Waals surface area contributed by atoms with Crippen molar-refractivity contribution in [1.82, 2.24) is 10.2 Å². The number of benzene rings is 2. The summed E-state index contributed by atoms with van der Waals surface area (Å²) in [6.07, 6.45) is 3.74. The molecule has 5 nitrogen and oxygen atoms in total. The SMILES string of the molecule is CCC(C)(C)c1ccc(OCCCCNC(=O)C2CSCN2C(=O)c2ccccc2Cl)c(C(C)(C)CC)c1. The number of halogens is 1. The Morgan fingerprint density at radius 2 is 1.76 bits per heavy atom. The summed E-state index contributed by atoms with van der Waals surface area (Å²) in [5.74, 6) is 1.71. The lowest BCUT2D eigenvalue weighted by Gasteiger charge is -2.30. The van der Waals surface area contributed by atoms with Gasteiger partial charge < -0.3 is 15.0 Å². The summed E-state index contributed by atoms with van der Waals surface area (Å²) in [5.41, 5.74) is 3.19. The van der Waals surface area contributed by atoms with Crippen LogP contribution in [0.4, 0.5) is 0 Å². The molecule has 0 spiro atoms. The Kier molecular flexibility index (Phi) is 10.6. The Hall–Kier alpha value is -2.18. The number of ether oxygens (including phenoxy) is 1. The van der Waals surface area contributed by atoms with Gasteiger partial charge in [0.1, 0.15) is 11.8 Å². The van der Waals surface area contributed by atoms with Crippen molar-refractivity contribution in [1.29, 1.82) is 0 Å². The Morgan fingerprint density at radius 3 is 2.45 bits per heavy atom. The summed E-state index contributed by atoms with van der Waals surface area (Å²) < 4.78 is 6.26. The van der Waals surface area contributed by atoms with E-state index in [0.29, 0.717) is 35.4 Å². The predicted molar refractivity (Wildman–Crippen MR) is 160 cm³/mol. The van der Waals surface area contributed by atoms with E-state index in [2.05, 4.69) is 65.1 Å². The van der Waals surface area contributed by atoms with Crippen molar-refractivity contribution < 1.29 is 14.3 Å². The monoisotopic (exact) mass is 558 g/mol. The number of unbranched alkanes of at least 4 members (excludes halogenated alkanes) is 1. The van der Waals surface area contributed by atoms with Crippen LogP contribution in [0.15, 0.2) is 42.5 Å². The van der Waals surface area contributed by atoms with Crippen LogP contribution >= 0.6 is 23.4 Å². The van der Waals surface area contributed by atoms with E-state index in [1.54, 1.807) is 40.9 Å². The van der Waals surface area contributed by atoms with Crippen molar-refractivity contribution in [2.45, 2.75) is 84.1 Å². The molecular weight excluding hydrogens is 516 g/mol. The number of hydrogen-bond acceptors (Lipinski definition) is 4. The van der Waals surface area contributed by atoms with Crippen molar-refractivity contribution in [2.75, 3.05) is 24.8 Å². The summed E-state index contributed by atoms with van der Waals surface area (Å²) in [6, 6.07) is 13.1. The van der Waals surface area contributed by atoms with Crippen LogP contribution < -0.4 is 10.1 Å². The molecule has 208 valence electrons. The van der Waals surface area contributed by atoms with Crippen LogP contribution in [0.3, 0.4) is 0 Å². The van der Waals surface area contributed by atoms with Crippen LogP contribution in [0.2, 0.25) is 5.02 Å². The zero-order chi connectivity index (χ0) is 27.9. The molecule has 7 heteroatoms. The lowest BCUT2D eigenvalue weighted by Crippen LogP contribution is -2.47. The number of amides is 2. The van der Waals surface area contributed by atoms with E-state index in [4.69, 9.17) is 16.3 Å². The molecule has 1 aliphatic heterocycles. The Bertz CT molecular complexity index is 1120. The topological polar surface area (TPSA) is 58.6 Å². The minimum Gasteiger partial charge on any atom is -0.493 e. The number of carbonyl (C=O) groups excluding carboxylic acids is 2. The summed E-state index contributed by atoms with van der Waals surface area (Å²) in [4.78, 5) is 27.5. The molecule has 3 rings (SSSR count). The Balaban J connectivity index is 1.51. The van der Waals surface area contributed by atoms with Gasteiger partial charge in [-0.3, -0.25) is 9.59 Å². The molecule has 2 aromatic carbocycles. The molecule has 1 fully saturated rings. The van der Waals surface area contributed by atoms with Crippen molar-refractivity contribution in [2.24, 2.45) is 0 Å². The van der Waals surface area contributed by atoms with Gasteiger partial charge in [-0.1, -0.05) is 77.4 Å². The molecule has 1 N–H and O–H groups in total. The fourth-order valence-electron chi connectivity index (χ4n) is 4.39. The lowest BCUT2D eigenvalue weighted by molar-refractivity contribution is -0.124. The van der Waals surface area contributed by atoms with Gasteiger partial charge in [-0.2, -0.15) is 0 Å². The van der Waals surface area contributed by atoms with Crippen LogP contribution in [0.25, 0.3) is 0 Å². The zero-order valence-corrected chi connectivity index (χ0v) is 25.3. The third-order valence-electron chi connectivity index (χ3n) is 7.94. The summed E-state index contributed by atoms with van der Waals surface area (Å²) in [5, 5.41) is 3.42. The van der Waals surface area contributed by atoms with Crippen LogP contribution in [0.1, 0.15) is 88.7 Å². The van der Waals surface area contributed by atoms with Crippen molar-refractivity contribution in [3.63, 3.8) is 0 Å². The highest BCUT2D eigenvalue weighted by molar-refractivity contribution is 7.99. The molecule has 1 aliphatic rings.